The van der Waals surface area contributed by atoms with Crippen LogP contribution in [-0.4, -0.2) is 18.1 Å². The molecule has 2 atom stereocenters. The molecule has 0 aliphatic carbocycles. The zero-order valence-corrected chi connectivity index (χ0v) is 6.40. The molecule has 11 heavy (non-hydrogen) atoms. The van der Waals surface area contributed by atoms with Crippen molar-refractivity contribution < 1.29 is 0 Å². The largest absolute Gasteiger partial charge is 0.311 e. The minimum Gasteiger partial charge on any atom is -0.311 e. The van der Waals surface area contributed by atoms with Gasteiger partial charge in [-0.15, -0.1) is 0 Å². The predicted molar refractivity (Wildman–Crippen MR) is 42.1 cm³/mol. The van der Waals surface area contributed by atoms with Gasteiger partial charge < -0.3 is 5.32 Å². The van der Waals surface area contributed by atoms with Crippen molar-refractivity contribution in [2.75, 3.05) is 0 Å². The van der Waals surface area contributed by atoms with Crippen molar-refractivity contribution >= 4 is 0 Å². The number of azide groups is 1. The Bertz CT molecular complexity index is 185. The highest BCUT2D eigenvalue weighted by Gasteiger charge is 2.32. The fourth-order valence-electron chi connectivity index (χ4n) is 2.19. The molecule has 2 heterocycles. The van der Waals surface area contributed by atoms with Crippen molar-refractivity contribution in [2.45, 2.75) is 43.8 Å². The highest BCUT2D eigenvalue weighted by Crippen LogP contribution is 2.28. The van der Waals surface area contributed by atoms with Crippen molar-refractivity contribution in [3.05, 3.63) is 10.4 Å². The fourth-order valence-corrected chi connectivity index (χ4v) is 2.19. The summed E-state index contributed by atoms with van der Waals surface area (Å²) in [6.07, 6.45) is 4.62. The van der Waals surface area contributed by atoms with E-state index < -0.39 is 0 Å². The maximum Gasteiger partial charge on any atom is 0.0403 e. The molecule has 2 saturated heterocycles. The lowest BCUT2D eigenvalue weighted by Gasteiger charge is -2.25. The van der Waals surface area contributed by atoms with Gasteiger partial charge in [-0.05, 0) is 31.2 Å². The summed E-state index contributed by atoms with van der Waals surface area (Å²) in [4.78, 5) is 2.85. The Morgan fingerprint density at radius 2 is 1.91 bits per heavy atom. The van der Waals surface area contributed by atoms with Gasteiger partial charge in [0.15, 0.2) is 0 Å². The molecular formula is C7H12N4. The van der Waals surface area contributed by atoms with Gasteiger partial charge in [-0.1, -0.05) is 5.11 Å². The van der Waals surface area contributed by atoms with Crippen LogP contribution in [0.25, 0.3) is 10.4 Å². The minimum absolute atomic E-state index is 0.263. The van der Waals surface area contributed by atoms with Crippen LogP contribution in [-0.2, 0) is 0 Å². The molecule has 0 amide bonds. The van der Waals surface area contributed by atoms with Crippen LogP contribution in [0.15, 0.2) is 5.11 Å². The summed E-state index contributed by atoms with van der Waals surface area (Å²) in [6, 6.07) is 1.52. The molecule has 0 aromatic carbocycles. The van der Waals surface area contributed by atoms with E-state index in [0.717, 1.165) is 12.8 Å². The van der Waals surface area contributed by atoms with Gasteiger partial charge in [-0.2, -0.15) is 0 Å². The third-order valence-corrected chi connectivity index (χ3v) is 2.66. The van der Waals surface area contributed by atoms with Crippen molar-refractivity contribution in [3.8, 4) is 0 Å². The quantitative estimate of drug-likeness (QED) is 0.346. The molecular weight excluding hydrogens is 140 g/mol. The average molecular weight is 152 g/mol. The van der Waals surface area contributed by atoms with E-state index in [9.17, 15) is 0 Å². The van der Waals surface area contributed by atoms with E-state index in [0.29, 0.717) is 12.1 Å². The Balaban J connectivity index is 2.02. The molecule has 2 rings (SSSR count). The van der Waals surface area contributed by atoms with Crippen LogP contribution in [0.3, 0.4) is 0 Å². The Morgan fingerprint density at radius 3 is 2.45 bits per heavy atom. The standard InChI is InChI=1S/C7H12N4/c8-11-10-7-3-5-1-2-6(4-7)9-5/h5-7,9H,1-4H2. The molecule has 0 aromatic rings. The van der Waals surface area contributed by atoms with Gasteiger partial charge in [0, 0.05) is 23.0 Å². The lowest BCUT2D eigenvalue weighted by Crippen LogP contribution is -2.39. The maximum absolute atomic E-state index is 8.25. The maximum atomic E-state index is 8.25. The van der Waals surface area contributed by atoms with E-state index in [1.165, 1.54) is 12.8 Å². The third-order valence-electron chi connectivity index (χ3n) is 2.66. The van der Waals surface area contributed by atoms with Gasteiger partial charge in [0.05, 0.1) is 0 Å². The van der Waals surface area contributed by atoms with Gasteiger partial charge in [0.1, 0.15) is 0 Å². The number of nitrogens with one attached hydrogen (secondary N) is 1. The minimum atomic E-state index is 0.263. The Kier molecular flexibility index (Phi) is 1.72. The first-order valence-electron chi connectivity index (χ1n) is 4.19. The Morgan fingerprint density at radius 1 is 1.27 bits per heavy atom. The molecule has 4 heteroatoms. The summed E-state index contributed by atoms with van der Waals surface area (Å²) in [5.74, 6) is 0. The molecule has 2 aliphatic heterocycles. The Hall–Kier alpha value is -0.730. The summed E-state index contributed by atoms with van der Waals surface area (Å²) in [7, 11) is 0. The van der Waals surface area contributed by atoms with Gasteiger partial charge in [0.2, 0.25) is 0 Å². The molecule has 2 unspecified atom stereocenters. The molecule has 2 bridgehead atoms. The summed E-state index contributed by atoms with van der Waals surface area (Å²) >= 11 is 0. The predicted octanol–water partition coefficient (Wildman–Crippen LogP) is 1.58. The second-order valence-corrected chi connectivity index (χ2v) is 3.47. The summed E-state index contributed by atoms with van der Waals surface area (Å²) in [5, 5.41) is 7.26. The van der Waals surface area contributed by atoms with Crippen LogP contribution in [0.4, 0.5) is 0 Å². The van der Waals surface area contributed by atoms with E-state index in [1.54, 1.807) is 0 Å². The zero-order chi connectivity index (χ0) is 7.68. The number of hydrogen-bond donors (Lipinski definition) is 1. The molecule has 2 fully saturated rings. The van der Waals surface area contributed by atoms with Crippen LogP contribution in [0, 0.1) is 0 Å². The molecule has 2 aliphatic rings. The van der Waals surface area contributed by atoms with Crippen LogP contribution in [0.1, 0.15) is 25.7 Å². The third kappa shape index (κ3) is 1.32. The molecule has 60 valence electrons. The van der Waals surface area contributed by atoms with Gasteiger partial charge in [0.25, 0.3) is 0 Å². The van der Waals surface area contributed by atoms with Crippen molar-refractivity contribution in [1.29, 1.82) is 0 Å². The Labute approximate surface area is 65.6 Å². The second kappa shape index (κ2) is 2.72. The number of hydrogen-bond acceptors (Lipinski definition) is 2. The van der Waals surface area contributed by atoms with E-state index in [-0.39, 0.29) is 6.04 Å². The highest BCUT2D eigenvalue weighted by atomic mass is 15.2. The zero-order valence-electron chi connectivity index (χ0n) is 6.40. The molecule has 4 nitrogen and oxygen atoms in total. The first-order valence-corrected chi connectivity index (χ1v) is 4.19. The second-order valence-electron chi connectivity index (χ2n) is 3.47. The van der Waals surface area contributed by atoms with E-state index in [1.807, 2.05) is 0 Å². The number of fused-ring (bicyclic) bond motifs is 2. The lowest BCUT2D eigenvalue weighted by atomic mass is 10.0. The molecule has 0 spiro atoms. The first-order chi connectivity index (χ1) is 5.38. The monoisotopic (exact) mass is 152 g/mol. The summed E-state index contributed by atoms with van der Waals surface area (Å²) in [6.45, 7) is 0. The van der Waals surface area contributed by atoms with E-state index in [2.05, 4.69) is 15.3 Å². The highest BCUT2D eigenvalue weighted by molar-refractivity contribution is 4.94. The van der Waals surface area contributed by atoms with Crippen molar-refractivity contribution in [2.24, 2.45) is 5.11 Å². The molecule has 0 radical (unpaired) electrons. The normalized spacial score (nSPS) is 41.6. The fraction of sp³-hybridized carbons (Fsp3) is 1.00. The number of piperidine rings is 1. The molecule has 0 aromatic heterocycles. The van der Waals surface area contributed by atoms with E-state index in [4.69, 9.17) is 5.53 Å². The number of nitrogens with zero attached hydrogens (tertiary/aromatic N) is 3. The van der Waals surface area contributed by atoms with Crippen molar-refractivity contribution in [3.63, 3.8) is 0 Å². The summed E-state index contributed by atoms with van der Waals surface area (Å²) in [5.41, 5.74) is 8.25. The van der Waals surface area contributed by atoms with Crippen LogP contribution in [0.2, 0.25) is 0 Å². The van der Waals surface area contributed by atoms with Gasteiger partial charge in [-0.25, -0.2) is 0 Å². The number of rotatable bonds is 1. The van der Waals surface area contributed by atoms with Crippen LogP contribution >= 0.6 is 0 Å². The lowest BCUT2D eigenvalue weighted by molar-refractivity contribution is 0.363. The molecule has 0 saturated carbocycles. The van der Waals surface area contributed by atoms with Gasteiger partial charge in [-0.3, -0.25) is 0 Å². The van der Waals surface area contributed by atoms with E-state index >= 15 is 0 Å². The van der Waals surface area contributed by atoms with Gasteiger partial charge >= 0.3 is 0 Å². The average Bonchev–Trinajstić information content (AvgIpc) is 2.32. The smallest absolute Gasteiger partial charge is 0.0403 e. The topological polar surface area (TPSA) is 60.8 Å². The van der Waals surface area contributed by atoms with Crippen LogP contribution < -0.4 is 5.32 Å². The first kappa shape index (κ1) is 6.95. The summed E-state index contributed by atoms with van der Waals surface area (Å²) < 4.78 is 0. The molecule has 1 N–H and O–H groups in total. The van der Waals surface area contributed by atoms with Crippen molar-refractivity contribution in [1.82, 2.24) is 5.32 Å². The SMILES string of the molecule is [N-]=[N+]=NC1CC2CCC(C1)N2. The van der Waals surface area contributed by atoms with Crippen LogP contribution in [0.5, 0.6) is 0 Å².